The van der Waals surface area contributed by atoms with Gasteiger partial charge in [0.1, 0.15) is 5.76 Å². The molecule has 21 heavy (non-hydrogen) atoms. The van der Waals surface area contributed by atoms with Gasteiger partial charge in [-0.25, -0.2) is 0 Å². The van der Waals surface area contributed by atoms with Crippen molar-refractivity contribution in [2.45, 2.75) is 33.5 Å². The molecule has 0 bridgehead atoms. The van der Waals surface area contributed by atoms with Crippen molar-refractivity contribution in [3.63, 3.8) is 0 Å². The van der Waals surface area contributed by atoms with Crippen molar-refractivity contribution in [1.82, 2.24) is 10.2 Å². The number of nitrogens with zero attached hydrogens (tertiary/aromatic N) is 1. The molecule has 0 unspecified atom stereocenters. The molecule has 0 spiro atoms. The SMILES string of the molecule is CC(C)CNCc1ccc(CN(C)Cc2ccco2)cc1. The summed E-state index contributed by atoms with van der Waals surface area (Å²) in [6.07, 6.45) is 1.72. The standard InChI is InChI=1S/C18H26N2O/c1-15(2)11-19-12-16-6-8-17(9-7-16)13-20(3)14-18-5-4-10-21-18/h4-10,15,19H,11-14H2,1-3H3. The van der Waals surface area contributed by atoms with Crippen LogP contribution in [0.4, 0.5) is 0 Å². The maximum atomic E-state index is 5.37. The van der Waals surface area contributed by atoms with Crippen molar-refractivity contribution in [2.24, 2.45) is 5.92 Å². The molecule has 1 aromatic carbocycles. The predicted octanol–water partition coefficient (Wildman–Crippen LogP) is 3.66. The van der Waals surface area contributed by atoms with Crippen LogP contribution in [0.25, 0.3) is 0 Å². The molecular formula is C18H26N2O. The zero-order chi connectivity index (χ0) is 15.1. The maximum Gasteiger partial charge on any atom is 0.117 e. The third-order valence-corrected chi connectivity index (χ3v) is 3.36. The van der Waals surface area contributed by atoms with Gasteiger partial charge in [0.25, 0.3) is 0 Å². The van der Waals surface area contributed by atoms with Crippen LogP contribution in [-0.2, 0) is 19.6 Å². The van der Waals surface area contributed by atoms with Crippen LogP contribution in [0.15, 0.2) is 47.1 Å². The van der Waals surface area contributed by atoms with E-state index < -0.39 is 0 Å². The van der Waals surface area contributed by atoms with E-state index in [1.165, 1.54) is 11.1 Å². The zero-order valence-electron chi connectivity index (χ0n) is 13.3. The highest BCUT2D eigenvalue weighted by atomic mass is 16.3. The average Bonchev–Trinajstić information content (AvgIpc) is 2.93. The van der Waals surface area contributed by atoms with Gasteiger partial charge in [0.05, 0.1) is 12.8 Å². The van der Waals surface area contributed by atoms with E-state index in [0.29, 0.717) is 5.92 Å². The van der Waals surface area contributed by atoms with Crippen molar-refractivity contribution in [1.29, 1.82) is 0 Å². The average molecular weight is 286 g/mol. The molecular weight excluding hydrogens is 260 g/mol. The van der Waals surface area contributed by atoms with Crippen LogP contribution < -0.4 is 5.32 Å². The van der Waals surface area contributed by atoms with Gasteiger partial charge in [0, 0.05) is 13.1 Å². The minimum Gasteiger partial charge on any atom is -0.468 e. The van der Waals surface area contributed by atoms with Gasteiger partial charge in [-0.2, -0.15) is 0 Å². The molecule has 0 aliphatic rings. The van der Waals surface area contributed by atoms with Gasteiger partial charge in [-0.15, -0.1) is 0 Å². The lowest BCUT2D eigenvalue weighted by Crippen LogP contribution is -2.19. The van der Waals surface area contributed by atoms with Crippen LogP contribution in [-0.4, -0.2) is 18.5 Å². The molecule has 0 fully saturated rings. The van der Waals surface area contributed by atoms with Gasteiger partial charge in [0.15, 0.2) is 0 Å². The predicted molar refractivity (Wildman–Crippen MR) is 86.9 cm³/mol. The molecule has 0 saturated heterocycles. The molecule has 1 N–H and O–H groups in total. The van der Waals surface area contributed by atoms with Crippen molar-refractivity contribution in [2.75, 3.05) is 13.6 Å². The highest BCUT2D eigenvalue weighted by molar-refractivity contribution is 5.22. The minimum atomic E-state index is 0.694. The van der Waals surface area contributed by atoms with E-state index in [9.17, 15) is 0 Å². The van der Waals surface area contributed by atoms with Crippen molar-refractivity contribution < 1.29 is 4.42 Å². The molecule has 0 atom stereocenters. The van der Waals surface area contributed by atoms with Crippen LogP contribution in [0, 0.1) is 5.92 Å². The van der Waals surface area contributed by atoms with E-state index in [0.717, 1.165) is 31.9 Å². The van der Waals surface area contributed by atoms with Crippen LogP contribution in [0.2, 0.25) is 0 Å². The Hall–Kier alpha value is -1.58. The minimum absolute atomic E-state index is 0.694. The Balaban J connectivity index is 1.78. The Labute approximate surface area is 128 Å². The molecule has 2 rings (SSSR count). The summed E-state index contributed by atoms with van der Waals surface area (Å²) in [5.74, 6) is 1.70. The molecule has 0 amide bonds. The van der Waals surface area contributed by atoms with E-state index >= 15 is 0 Å². The van der Waals surface area contributed by atoms with Gasteiger partial charge >= 0.3 is 0 Å². The number of hydrogen-bond acceptors (Lipinski definition) is 3. The Morgan fingerprint density at radius 2 is 1.76 bits per heavy atom. The lowest BCUT2D eigenvalue weighted by molar-refractivity contribution is 0.288. The smallest absolute Gasteiger partial charge is 0.117 e. The molecule has 0 radical (unpaired) electrons. The topological polar surface area (TPSA) is 28.4 Å². The first-order valence-electron chi connectivity index (χ1n) is 7.63. The van der Waals surface area contributed by atoms with E-state index in [-0.39, 0.29) is 0 Å². The Bertz CT molecular complexity index is 503. The number of rotatable bonds is 8. The first-order chi connectivity index (χ1) is 10.1. The summed E-state index contributed by atoms with van der Waals surface area (Å²) in [4.78, 5) is 2.25. The first-order valence-corrected chi connectivity index (χ1v) is 7.63. The Kier molecular flexibility index (Phi) is 6.03. The Morgan fingerprint density at radius 1 is 1.05 bits per heavy atom. The summed E-state index contributed by atoms with van der Waals surface area (Å²) < 4.78 is 5.37. The summed E-state index contributed by atoms with van der Waals surface area (Å²) in [6.45, 7) is 8.23. The zero-order valence-corrected chi connectivity index (χ0v) is 13.3. The highest BCUT2D eigenvalue weighted by Crippen LogP contribution is 2.10. The highest BCUT2D eigenvalue weighted by Gasteiger charge is 2.04. The van der Waals surface area contributed by atoms with E-state index in [2.05, 4.69) is 55.4 Å². The van der Waals surface area contributed by atoms with E-state index in [1.807, 2.05) is 12.1 Å². The number of nitrogens with one attached hydrogen (secondary N) is 1. The van der Waals surface area contributed by atoms with Gasteiger partial charge in [-0.05, 0) is 42.8 Å². The fraction of sp³-hybridized carbons (Fsp3) is 0.444. The second kappa shape index (κ2) is 8.01. The van der Waals surface area contributed by atoms with Crippen LogP contribution in [0.1, 0.15) is 30.7 Å². The third-order valence-electron chi connectivity index (χ3n) is 3.36. The second-order valence-corrected chi connectivity index (χ2v) is 6.09. The van der Waals surface area contributed by atoms with Gasteiger partial charge < -0.3 is 9.73 Å². The van der Waals surface area contributed by atoms with Crippen molar-refractivity contribution in [3.05, 3.63) is 59.5 Å². The van der Waals surface area contributed by atoms with E-state index in [1.54, 1.807) is 6.26 Å². The van der Waals surface area contributed by atoms with Crippen molar-refractivity contribution in [3.8, 4) is 0 Å². The monoisotopic (exact) mass is 286 g/mol. The molecule has 3 heteroatoms. The Morgan fingerprint density at radius 3 is 2.38 bits per heavy atom. The number of furan rings is 1. The molecule has 0 aliphatic heterocycles. The fourth-order valence-corrected chi connectivity index (χ4v) is 2.30. The van der Waals surface area contributed by atoms with Crippen LogP contribution in [0.5, 0.6) is 0 Å². The molecule has 0 aliphatic carbocycles. The summed E-state index contributed by atoms with van der Waals surface area (Å²) in [5, 5.41) is 3.47. The van der Waals surface area contributed by atoms with Gasteiger partial charge in [-0.1, -0.05) is 38.1 Å². The van der Waals surface area contributed by atoms with E-state index in [4.69, 9.17) is 4.42 Å². The normalized spacial score (nSPS) is 11.5. The second-order valence-electron chi connectivity index (χ2n) is 6.09. The van der Waals surface area contributed by atoms with Crippen LogP contribution >= 0.6 is 0 Å². The maximum absolute atomic E-state index is 5.37. The van der Waals surface area contributed by atoms with Crippen molar-refractivity contribution >= 4 is 0 Å². The lowest BCUT2D eigenvalue weighted by atomic mass is 10.1. The summed E-state index contributed by atoms with van der Waals surface area (Å²) in [7, 11) is 2.11. The summed E-state index contributed by atoms with van der Waals surface area (Å²) >= 11 is 0. The number of benzene rings is 1. The first kappa shape index (κ1) is 15.8. The van der Waals surface area contributed by atoms with Gasteiger partial charge in [0.2, 0.25) is 0 Å². The third kappa shape index (κ3) is 5.74. The fourth-order valence-electron chi connectivity index (χ4n) is 2.30. The molecule has 1 aromatic heterocycles. The van der Waals surface area contributed by atoms with Crippen LogP contribution in [0.3, 0.4) is 0 Å². The quantitative estimate of drug-likeness (QED) is 0.803. The molecule has 1 heterocycles. The molecule has 114 valence electrons. The lowest BCUT2D eigenvalue weighted by Gasteiger charge is -2.15. The number of hydrogen-bond donors (Lipinski definition) is 1. The largest absolute Gasteiger partial charge is 0.468 e. The summed E-state index contributed by atoms with van der Waals surface area (Å²) in [6, 6.07) is 12.8. The van der Waals surface area contributed by atoms with Gasteiger partial charge in [-0.3, -0.25) is 4.90 Å². The summed E-state index contributed by atoms with van der Waals surface area (Å²) in [5.41, 5.74) is 2.67. The molecule has 0 saturated carbocycles. The molecule has 2 aromatic rings. The molecule has 3 nitrogen and oxygen atoms in total.